The number of carbonyl (C=O) groups is 2. The van der Waals surface area contributed by atoms with Crippen LogP contribution in [0.2, 0.25) is 0 Å². The predicted octanol–water partition coefficient (Wildman–Crippen LogP) is 0.516. The molecule has 0 bridgehead atoms. The lowest BCUT2D eigenvalue weighted by molar-refractivity contribution is -0.128. The molecule has 0 fully saturated rings. The first kappa shape index (κ1) is 19.5. The zero-order valence-corrected chi connectivity index (χ0v) is 15.0. The van der Waals surface area contributed by atoms with Gasteiger partial charge < -0.3 is 0 Å². The molecule has 0 radical (unpaired) electrons. The lowest BCUT2D eigenvalue weighted by Gasteiger charge is -2.17. The van der Waals surface area contributed by atoms with Gasteiger partial charge in [-0.2, -0.15) is 16.1 Å². The average Bonchev–Trinajstić information content (AvgIpc) is 2.51. The maximum atomic E-state index is 12.3. The molecule has 1 aromatic rings. The smallest absolute Gasteiger partial charge is 0.253 e. The fourth-order valence-corrected chi connectivity index (χ4v) is 3.13. The van der Waals surface area contributed by atoms with Crippen molar-refractivity contribution < 1.29 is 18.0 Å². The van der Waals surface area contributed by atoms with Crippen molar-refractivity contribution in [3.8, 4) is 0 Å². The number of amides is 2. The number of benzene rings is 1. The largest absolute Gasteiger partial charge is 0.273 e. The van der Waals surface area contributed by atoms with E-state index in [1.54, 1.807) is 12.1 Å². The minimum atomic E-state index is -3.75. The molecule has 0 heterocycles. The van der Waals surface area contributed by atoms with E-state index in [4.69, 9.17) is 0 Å². The minimum absolute atomic E-state index is 0.113. The molecule has 9 heteroatoms. The summed E-state index contributed by atoms with van der Waals surface area (Å²) >= 11 is 1.52. The van der Waals surface area contributed by atoms with Gasteiger partial charge in [0.1, 0.15) is 0 Å². The van der Waals surface area contributed by atoms with Crippen LogP contribution in [0, 0.1) is 6.92 Å². The number of rotatable bonds is 7. The summed E-state index contributed by atoms with van der Waals surface area (Å²) in [6.45, 7) is 1.46. The standard InChI is InChI=1S/C14H21N3O4S2/c1-11-4-6-12(7-5-11)23(20,21)17(2)10-14(19)16-15-13(18)8-9-22-3/h4-7H,8-10H2,1-3H3,(H,15,18)(H,16,19). The van der Waals surface area contributed by atoms with E-state index < -0.39 is 15.9 Å². The molecule has 0 aliphatic heterocycles. The summed E-state index contributed by atoms with van der Waals surface area (Å²) in [5.74, 6) is -0.291. The molecule has 128 valence electrons. The van der Waals surface area contributed by atoms with Crippen molar-refractivity contribution in [2.24, 2.45) is 0 Å². The van der Waals surface area contributed by atoms with Crippen LogP contribution in [0.1, 0.15) is 12.0 Å². The average molecular weight is 359 g/mol. The third-order valence-corrected chi connectivity index (χ3v) is 5.40. The Balaban J connectivity index is 2.57. The first-order valence-electron chi connectivity index (χ1n) is 6.87. The van der Waals surface area contributed by atoms with Crippen LogP contribution in [-0.4, -0.2) is 50.1 Å². The number of sulfonamides is 1. The van der Waals surface area contributed by atoms with E-state index in [9.17, 15) is 18.0 Å². The Bertz CT molecular complexity index is 644. The Morgan fingerprint density at radius 3 is 2.26 bits per heavy atom. The number of thioether (sulfide) groups is 1. The summed E-state index contributed by atoms with van der Waals surface area (Å²) in [7, 11) is -2.44. The van der Waals surface area contributed by atoms with E-state index in [-0.39, 0.29) is 23.8 Å². The molecule has 0 atom stereocenters. The Morgan fingerprint density at radius 2 is 1.70 bits per heavy atom. The number of nitrogens with zero attached hydrogens (tertiary/aromatic N) is 1. The van der Waals surface area contributed by atoms with Crippen LogP contribution >= 0.6 is 11.8 Å². The SMILES string of the molecule is CSCCC(=O)NNC(=O)CN(C)S(=O)(=O)c1ccc(C)cc1. The predicted molar refractivity (Wildman–Crippen MR) is 90.3 cm³/mol. The van der Waals surface area contributed by atoms with Crippen molar-refractivity contribution in [3.05, 3.63) is 29.8 Å². The second kappa shape index (κ2) is 8.90. The van der Waals surface area contributed by atoms with Gasteiger partial charge in [0.2, 0.25) is 15.9 Å². The summed E-state index contributed by atoms with van der Waals surface area (Å²) in [5.41, 5.74) is 5.39. The zero-order valence-electron chi connectivity index (χ0n) is 13.3. The fraction of sp³-hybridized carbons (Fsp3) is 0.429. The quantitative estimate of drug-likeness (QED) is 0.692. The first-order chi connectivity index (χ1) is 10.8. The molecule has 2 N–H and O–H groups in total. The molecule has 2 amide bonds. The number of carbonyl (C=O) groups excluding carboxylic acids is 2. The minimum Gasteiger partial charge on any atom is -0.273 e. The Morgan fingerprint density at radius 1 is 1.13 bits per heavy atom. The van der Waals surface area contributed by atoms with Gasteiger partial charge >= 0.3 is 0 Å². The van der Waals surface area contributed by atoms with Crippen molar-refractivity contribution in [1.82, 2.24) is 15.2 Å². The third kappa shape index (κ3) is 6.20. The highest BCUT2D eigenvalue weighted by molar-refractivity contribution is 7.98. The molecule has 0 unspecified atom stereocenters. The maximum absolute atomic E-state index is 12.3. The summed E-state index contributed by atoms with van der Waals surface area (Å²) in [6, 6.07) is 6.35. The van der Waals surface area contributed by atoms with Gasteiger partial charge in [0.15, 0.2) is 0 Å². The molecule has 0 aliphatic carbocycles. The molecule has 0 saturated heterocycles. The Labute approximate surface area is 140 Å². The Hall–Kier alpha value is -1.58. The number of hydrogen-bond acceptors (Lipinski definition) is 5. The molecule has 23 heavy (non-hydrogen) atoms. The van der Waals surface area contributed by atoms with Gasteiger partial charge in [-0.15, -0.1) is 0 Å². The van der Waals surface area contributed by atoms with Gasteiger partial charge in [0.25, 0.3) is 5.91 Å². The van der Waals surface area contributed by atoms with E-state index in [1.165, 1.54) is 30.9 Å². The van der Waals surface area contributed by atoms with Crippen molar-refractivity contribution in [2.45, 2.75) is 18.2 Å². The lowest BCUT2D eigenvalue weighted by atomic mass is 10.2. The van der Waals surface area contributed by atoms with E-state index in [1.807, 2.05) is 13.2 Å². The number of hydrogen-bond donors (Lipinski definition) is 2. The number of likely N-dealkylation sites (N-methyl/N-ethyl adjacent to an activating group) is 1. The Kier molecular flexibility index (Phi) is 7.53. The van der Waals surface area contributed by atoms with Gasteiger partial charge in [-0.25, -0.2) is 8.42 Å². The van der Waals surface area contributed by atoms with Crippen LogP contribution in [0.25, 0.3) is 0 Å². The van der Waals surface area contributed by atoms with Crippen LogP contribution in [0.4, 0.5) is 0 Å². The van der Waals surface area contributed by atoms with Crippen molar-refractivity contribution in [3.63, 3.8) is 0 Å². The van der Waals surface area contributed by atoms with Crippen LogP contribution in [0.5, 0.6) is 0 Å². The van der Waals surface area contributed by atoms with Crippen molar-refractivity contribution >= 4 is 33.6 Å². The van der Waals surface area contributed by atoms with Gasteiger partial charge in [-0.3, -0.25) is 20.4 Å². The van der Waals surface area contributed by atoms with Crippen molar-refractivity contribution in [1.29, 1.82) is 0 Å². The fourth-order valence-electron chi connectivity index (χ4n) is 1.61. The van der Waals surface area contributed by atoms with E-state index in [2.05, 4.69) is 10.9 Å². The van der Waals surface area contributed by atoms with Gasteiger partial charge in [0, 0.05) is 19.2 Å². The molecule has 0 saturated carbocycles. The topological polar surface area (TPSA) is 95.6 Å². The number of nitrogens with one attached hydrogen (secondary N) is 2. The van der Waals surface area contributed by atoms with Crippen LogP contribution in [-0.2, 0) is 19.6 Å². The first-order valence-corrected chi connectivity index (χ1v) is 9.70. The summed E-state index contributed by atoms with van der Waals surface area (Å²) in [4.78, 5) is 23.2. The normalized spacial score (nSPS) is 11.3. The lowest BCUT2D eigenvalue weighted by Crippen LogP contribution is -2.46. The second-order valence-electron chi connectivity index (χ2n) is 4.91. The van der Waals surface area contributed by atoms with E-state index >= 15 is 0 Å². The molecular weight excluding hydrogens is 338 g/mol. The van der Waals surface area contributed by atoms with E-state index in [0.717, 1.165) is 9.87 Å². The highest BCUT2D eigenvalue weighted by Crippen LogP contribution is 2.14. The van der Waals surface area contributed by atoms with Gasteiger partial charge in [-0.05, 0) is 25.3 Å². The van der Waals surface area contributed by atoms with Crippen molar-refractivity contribution in [2.75, 3.05) is 25.6 Å². The summed E-state index contributed by atoms with van der Waals surface area (Å²) in [6.07, 6.45) is 2.15. The monoisotopic (exact) mass is 359 g/mol. The van der Waals surface area contributed by atoms with Crippen LogP contribution in [0.3, 0.4) is 0 Å². The molecule has 0 aliphatic rings. The summed E-state index contributed by atoms with van der Waals surface area (Å²) in [5, 5.41) is 0. The highest BCUT2D eigenvalue weighted by atomic mass is 32.2. The maximum Gasteiger partial charge on any atom is 0.253 e. The molecule has 0 aromatic heterocycles. The van der Waals surface area contributed by atoms with Crippen LogP contribution < -0.4 is 10.9 Å². The van der Waals surface area contributed by atoms with Gasteiger partial charge in [0.05, 0.1) is 11.4 Å². The number of hydrazine groups is 1. The summed E-state index contributed by atoms with van der Waals surface area (Å²) < 4.78 is 25.6. The molecular formula is C14H21N3O4S2. The molecule has 1 aromatic carbocycles. The number of aryl methyl sites for hydroxylation is 1. The second-order valence-corrected chi connectivity index (χ2v) is 7.94. The van der Waals surface area contributed by atoms with E-state index in [0.29, 0.717) is 5.75 Å². The van der Waals surface area contributed by atoms with Crippen LogP contribution in [0.15, 0.2) is 29.2 Å². The molecule has 0 spiro atoms. The van der Waals surface area contributed by atoms with Gasteiger partial charge in [-0.1, -0.05) is 17.7 Å². The molecule has 1 rings (SSSR count). The third-order valence-electron chi connectivity index (χ3n) is 2.97. The zero-order chi connectivity index (χ0) is 17.5. The molecule has 7 nitrogen and oxygen atoms in total. The highest BCUT2D eigenvalue weighted by Gasteiger charge is 2.22.